The van der Waals surface area contributed by atoms with Gasteiger partial charge >= 0.3 is 0 Å². The highest BCUT2D eigenvalue weighted by Gasteiger charge is 2.18. The number of hydrogen-bond acceptors (Lipinski definition) is 5. The summed E-state index contributed by atoms with van der Waals surface area (Å²) in [6.45, 7) is 6.03. The number of nitrogens with zero attached hydrogens (tertiary/aromatic N) is 4. The zero-order valence-electron chi connectivity index (χ0n) is 12.1. The van der Waals surface area contributed by atoms with Crippen LogP contribution in [0.15, 0.2) is 5.38 Å². The van der Waals surface area contributed by atoms with Gasteiger partial charge in [-0.1, -0.05) is 6.42 Å². The lowest BCUT2D eigenvalue weighted by Gasteiger charge is -2.14. The molecule has 1 aliphatic heterocycles. The van der Waals surface area contributed by atoms with Crippen molar-refractivity contribution in [1.82, 2.24) is 25.1 Å². The van der Waals surface area contributed by atoms with E-state index in [-0.39, 0.29) is 6.04 Å². The summed E-state index contributed by atoms with van der Waals surface area (Å²) in [6, 6.07) is 0.205. The Morgan fingerprint density at radius 1 is 1.35 bits per heavy atom. The van der Waals surface area contributed by atoms with Crippen molar-refractivity contribution in [3.8, 4) is 0 Å². The number of aryl methyl sites for hydroxylation is 2. The van der Waals surface area contributed by atoms with Gasteiger partial charge in [-0.3, -0.25) is 0 Å². The summed E-state index contributed by atoms with van der Waals surface area (Å²) in [5, 5.41) is 15.5. The van der Waals surface area contributed by atoms with E-state index < -0.39 is 0 Å². The van der Waals surface area contributed by atoms with Gasteiger partial charge < -0.3 is 9.88 Å². The molecule has 5 nitrogen and oxygen atoms in total. The van der Waals surface area contributed by atoms with Crippen molar-refractivity contribution in [2.45, 2.75) is 58.7 Å². The van der Waals surface area contributed by atoms with Crippen LogP contribution in [0.1, 0.15) is 54.6 Å². The Balaban J connectivity index is 1.68. The average molecular weight is 291 g/mol. The van der Waals surface area contributed by atoms with Crippen LogP contribution in [-0.4, -0.2) is 19.7 Å². The third-order valence-electron chi connectivity index (χ3n) is 3.78. The fraction of sp³-hybridized carbons (Fsp3) is 0.643. The number of aromatic nitrogens is 4. The summed E-state index contributed by atoms with van der Waals surface area (Å²) in [4.78, 5) is 4.48. The zero-order valence-corrected chi connectivity index (χ0v) is 12.9. The fourth-order valence-electron chi connectivity index (χ4n) is 2.67. The SMILES string of the molecule is Cc1nc(CNC(C)c2nnc3n2CCCCC3)cs1. The Morgan fingerprint density at radius 2 is 2.25 bits per heavy atom. The summed E-state index contributed by atoms with van der Waals surface area (Å²) in [5.74, 6) is 2.21. The lowest BCUT2D eigenvalue weighted by Crippen LogP contribution is -2.22. The predicted octanol–water partition coefficient (Wildman–Crippen LogP) is 2.62. The summed E-state index contributed by atoms with van der Waals surface area (Å²) in [6.07, 6.45) is 4.82. The Hall–Kier alpha value is -1.27. The number of nitrogens with one attached hydrogen (secondary N) is 1. The monoisotopic (exact) mass is 291 g/mol. The quantitative estimate of drug-likeness (QED) is 0.941. The maximum absolute atomic E-state index is 4.48. The van der Waals surface area contributed by atoms with E-state index in [2.05, 4.69) is 37.4 Å². The molecule has 0 saturated carbocycles. The molecule has 3 rings (SSSR count). The Kier molecular flexibility index (Phi) is 4.12. The molecule has 1 unspecified atom stereocenters. The van der Waals surface area contributed by atoms with E-state index in [9.17, 15) is 0 Å². The van der Waals surface area contributed by atoms with Crippen molar-refractivity contribution in [2.24, 2.45) is 0 Å². The molecular formula is C14H21N5S. The first-order valence-electron chi connectivity index (χ1n) is 7.30. The van der Waals surface area contributed by atoms with E-state index in [0.717, 1.165) is 41.9 Å². The summed E-state index contributed by atoms with van der Waals surface area (Å²) in [5.41, 5.74) is 1.11. The van der Waals surface area contributed by atoms with Crippen molar-refractivity contribution < 1.29 is 0 Å². The number of rotatable bonds is 4. The third kappa shape index (κ3) is 2.91. The first-order valence-corrected chi connectivity index (χ1v) is 8.18. The molecule has 0 aromatic carbocycles. The molecule has 1 atom stereocenters. The lowest BCUT2D eigenvalue weighted by molar-refractivity contribution is 0.499. The minimum Gasteiger partial charge on any atom is -0.314 e. The molecule has 1 N–H and O–H groups in total. The second-order valence-electron chi connectivity index (χ2n) is 5.40. The van der Waals surface area contributed by atoms with Crippen LogP contribution >= 0.6 is 11.3 Å². The minimum atomic E-state index is 0.205. The molecule has 6 heteroatoms. The third-order valence-corrected chi connectivity index (χ3v) is 4.60. The number of hydrogen-bond donors (Lipinski definition) is 1. The van der Waals surface area contributed by atoms with Crippen molar-refractivity contribution in [1.29, 1.82) is 0 Å². The van der Waals surface area contributed by atoms with Gasteiger partial charge in [0.2, 0.25) is 0 Å². The van der Waals surface area contributed by atoms with Gasteiger partial charge in [0.1, 0.15) is 11.6 Å². The van der Waals surface area contributed by atoms with Gasteiger partial charge in [-0.2, -0.15) is 0 Å². The molecule has 2 aromatic heterocycles. The molecule has 0 spiro atoms. The summed E-state index contributed by atoms with van der Waals surface area (Å²) in [7, 11) is 0. The maximum atomic E-state index is 4.48. The standard InChI is InChI=1S/C14H21N5S/c1-10(15-8-12-9-20-11(2)16-12)14-18-17-13-6-4-3-5-7-19(13)14/h9-10,15H,3-8H2,1-2H3. The average Bonchev–Trinajstić information content (AvgIpc) is 2.96. The zero-order chi connectivity index (χ0) is 13.9. The van der Waals surface area contributed by atoms with Crippen LogP contribution in [0.5, 0.6) is 0 Å². The van der Waals surface area contributed by atoms with E-state index in [1.165, 1.54) is 19.3 Å². The molecule has 0 aliphatic carbocycles. The molecule has 0 fully saturated rings. The van der Waals surface area contributed by atoms with Crippen LogP contribution < -0.4 is 5.32 Å². The summed E-state index contributed by atoms with van der Waals surface area (Å²) >= 11 is 1.69. The second-order valence-corrected chi connectivity index (χ2v) is 6.46. The van der Waals surface area contributed by atoms with Gasteiger partial charge in [0, 0.05) is 24.9 Å². The van der Waals surface area contributed by atoms with Crippen LogP contribution in [0, 0.1) is 6.92 Å². The normalized spacial score (nSPS) is 16.7. The van der Waals surface area contributed by atoms with Crippen LogP contribution in [0.3, 0.4) is 0 Å². The molecule has 0 bridgehead atoms. The van der Waals surface area contributed by atoms with Crippen LogP contribution in [0.2, 0.25) is 0 Å². The van der Waals surface area contributed by atoms with Gasteiger partial charge in [-0.25, -0.2) is 4.98 Å². The highest BCUT2D eigenvalue weighted by molar-refractivity contribution is 7.09. The van der Waals surface area contributed by atoms with Crippen molar-refractivity contribution >= 4 is 11.3 Å². The highest BCUT2D eigenvalue weighted by Crippen LogP contribution is 2.19. The molecule has 108 valence electrons. The van der Waals surface area contributed by atoms with Crippen LogP contribution in [0.25, 0.3) is 0 Å². The molecule has 1 aliphatic rings. The smallest absolute Gasteiger partial charge is 0.149 e. The van der Waals surface area contributed by atoms with Crippen LogP contribution in [0.4, 0.5) is 0 Å². The van der Waals surface area contributed by atoms with Crippen molar-refractivity contribution in [3.63, 3.8) is 0 Å². The van der Waals surface area contributed by atoms with Gasteiger partial charge in [-0.15, -0.1) is 21.5 Å². The molecule has 0 amide bonds. The molecule has 20 heavy (non-hydrogen) atoms. The fourth-order valence-corrected chi connectivity index (χ4v) is 3.28. The first kappa shape index (κ1) is 13.7. The van der Waals surface area contributed by atoms with E-state index in [1.54, 1.807) is 11.3 Å². The van der Waals surface area contributed by atoms with Crippen molar-refractivity contribution in [2.75, 3.05) is 0 Å². The van der Waals surface area contributed by atoms with E-state index in [1.807, 2.05) is 6.92 Å². The Morgan fingerprint density at radius 3 is 3.05 bits per heavy atom. The molecule has 3 heterocycles. The second kappa shape index (κ2) is 6.01. The number of thiazole rings is 1. The van der Waals surface area contributed by atoms with Crippen LogP contribution in [-0.2, 0) is 19.5 Å². The van der Waals surface area contributed by atoms with E-state index in [0.29, 0.717) is 0 Å². The maximum Gasteiger partial charge on any atom is 0.149 e. The lowest BCUT2D eigenvalue weighted by atomic mass is 10.2. The largest absolute Gasteiger partial charge is 0.314 e. The Bertz CT molecular complexity index is 574. The van der Waals surface area contributed by atoms with E-state index in [4.69, 9.17) is 0 Å². The molecule has 0 radical (unpaired) electrons. The van der Waals surface area contributed by atoms with Gasteiger partial charge in [0.05, 0.1) is 16.7 Å². The highest BCUT2D eigenvalue weighted by atomic mass is 32.1. The van der Waals surface area contributed by atoms with Gasteiger partial charge in [-0.05, 0) is 26.7 Å². The predicted molar refractivity (Wildman–Crippen MR) is 79.7 cm³/mol. The minimum absolute atomic E-state index is 0.205. The first-order chi connectivity index (χ1) is 9.74. The van der Waals surface area contributed by atoms with Crippen molar-refractivity contribution in [3.05, 3.63) is 27.7 Å². The topological polar surface area (TPSA) is 55.6 Å². The summed E-state index contributed by atoms with van der Waals surface area (Å²) < 4.78 is 2.30. The van der Waals surface area contributed by atoms with Gasteiger partial charge in [0.15, 0.2) is 0 Å². The molecular weight excluding hydrogens is 270 g/mol. The molecule has 0 saturated heterocycles. The Labute approximate surface area is 123 Å². The number of fused-ring (bicyclic) bond motifs is 1. The molecule has 2 aromatic rings. The van der Waals surface area contributed by atoms with E-state index >= 15 is 0 Å². The van der Waals surface area contributed by atoms with Gasteiger partial charge in [0.25, 0.3) is 0 Å².